The fourth-order valence-electron chi connectivity index (χ4n) is 11.8. The largest absolute Gasteiger partial charge is 0.472 e. The Morgan fingerprint density at radius 1 is 0.486 bits per heavy atom. The van der Waals surface area contributed by atoms with Crippen LogP contribution in [0.3, 0.4) is 0 Å². The Morgan fingerprint density at radius 2 is 1.04 bits per heavy atom. The number of anilines is 3. The zero-order valence-electron chi connectivity index (χ0n) is 41.7. The molecule has 0 spiro atoms. The second kappa shape index (κ2) is 20.4. The van der Waals surface area contributed by atoms with Gasteiger partial charge in [0.1, 0.15) is 5.75 Å². The van der Waals surface area contributed by atoms with Crippen molar-refractivity contribution >= 4 is 33.9 Å². The number of nitrogens with zero attached hydrogens (tertiary/aromatic N) is 2. The summed E-state index contributed by atoms with van der Waals surface area (Å²) in [7, 11) is 0. The summed E-state index contributed by atoms with van der Waals surface area (Å²) in [6.07, 6.45) is 16.5. The highest BCUT2D eigenvalue weighted by Gasteiger charge is 2.51. The van der Waals surface area contributed by atoms with E-state index in [9.17, 15) is 5.26 Å². The molecule has 9 aromatic carbocycles. The number of para-hydroxylation sites is 2. The maximum atomic E-state index is 10.2. The van der Waals surface area contributed by atoms with Crippen molar-refractivity contribution in [2.24, 2.45) is 0 Å². The van der Waals surface area contributed by atoms with E-state index >= 15 is 0 Å². The molecule has 0 amide bonds. The molecule has 1 atom stereocenters. The molecule has 1 unspecified atom stereocenters. The van der Waals surface area contributed by atoms with Crippen LogP contribution in [0.2, 0.25) is 0 Å². The minimum absolute atomic E-state index is 0.595. The Balaban J connectivity index is 1.22. The van der Waals surface area contributed by atoms with Crippen molar-refractivity contribution in [2.45, 2.75) is 89.1 Å². The van der Waals surface area contributed by atoms with Gasteiger partial charge < -0.3 is 9.64 Å². The Kier molecular flexibility index (Phi) is 13.2. The van der Waals surface area contributed by atoms with Crippen LogP contribution in [-0.2, 0) is 23.9 Å². The molecule has 0 fully saturated rings. The SMILES string of the molecule is CCCCCCc1ccc(C2(c3ccc(CCCCCC)cc3)c3cc(N(c4ccccc4)c4ccccc4)ccc3-c3c2c2c(c4ccccc34)OC(c3ccccc3)(c3cccc(C#N)c3)C=C2)cc1. The number of hydrogen-bond donors (Lipinski definition) is 0. The van der Waals surface area contributed by atoms with Gasteiger partial charge in [0.05, 0.1) is 17.0 Å². The molecule has 9 aromatic rings. The average Bonchev–Trinajstić information content (AvgIpc) is 3.76. The molecule has 0 saturated carbocycles. The number of unbranched alkanes of at least 4 members (excludes halogenated alkanes) is 6. The van der Waals surface area contributed by atoms with E-state index in [0.29, 0.717) is 5.56 Å². The van der Waals surface area contributed by atoms with Gasteiger partial charge in [-0.25, -0.2) is 0 Å². The van der Waals surface area contributed by atoms with E-state index in [2.05, 4.69) is 225 Å². The highest BCUT2D eigenvalue weighted by molar-refractivity contribution is 6.10. The maximum absolute atomic E-state index is 10.2. The third-order valence-electron chi connectivity index (χ3n) is 15.3. The lowest BCUT2D eigenvalue weighted by atomic mass is 9.65. The van der Waals surface area contributed by atoms with Gasteiger partial charge >= 0.3 is 0 Å². The first-order valence-corrected chi connectivity index (χ1v) is 26.3. The summed E-state index contributed by atoms with van der Waals surface area (Å²) in [5, 5.41) is 12.4. The number of benzene rings is 9. The third-order valence-corrected chi connectivity index (χ3v) is 15.3. The molecule has 3 nitrogen and oxygen atoms in total. The van der Waals surface area contributed by atoms with E-state index < -0.39 is 11.0 Å². The molecule has 1 aliphatic heterocycles. The molecule has 0 saturated heterocycles. The number of rotatable bonds is 17. The Morgan fingerprint density at radius 3 is 1.62 bits per heavy atom. The lowest BCUT2D eigenvalue weighted by molar-refractivity contribution is 0.163. The normalized spacial score (nSPS) is 15.0. The van der Waals surface area contributed by atoms with Crippen molar-refractivity contribution in [3.8, 4) is 22.9 Å². The van der Waals surface area contributed by atoms with Gasteiger partial charge in [-0.3, -0.25) is 0 Å². The smallest absolute Gasteiger partial charge is 0.178 e. The van der Waals surface area contributed by atoms with E-state index in [4.69, 9.17) is 4.74 Å². The van der Waals surface area contributed by atoms with Crippen molar-refractivity contribution in [1.82, 2.24) is 0 Å². The number of fused-ring (bicyclic) bond motifs is 8. The van der Waals surface area contributed by atoms with Crippen LogP contribution in [0, 0.1) is 11.3 Å². The number of aryl methyl sites for hydroxylation is 2. The van der Waals surface area contributed by atoms with Gasteiger partial charge in [0.2, 0.25) is 0 Å². The molecule has 0 N–H and O–H groups in total. The number of hydrogen-bond acceptors (Lipinski definition) is 3. The first-order chi connectivity index (χ1) is 35.6. The second-order valence-electron chi connectivity index (χ2n) is 19.8. The van der Waals surface area contributed by atoms with Crippen LogP contribution < -0.4 is 9.64 Å². The first-order valence-electron chi connectivity index (χ1n) is 26.3. The molecule has 2 aliphatic rings. The van der Waals surface area contributed by atoms with Crippen LogP contribution in [0.25, 0.3) is 28.0 Å². The highest BCUT2D eigenvalue weighted by Crippen LogP contribution is 2.63. The van der Waals surface area contributed by atoms with E-state index in [-0.39, 0.29) is 0 Å². The monoisotopic (exact) mass is 934 g/mol. The quantitative estimate of drug-likeness (QED) is 0.0854. The van der Waals surface area contributed by atoms with Gasteiger partial charge in [0, 0.05) is 39.1 Å². The van der Waals surface area contributed by atoms with Crippen LogP contribution in [0.1, 0.15) is 121 Å². The molecule has 0 radical (unpaired) electrons. The van der Waals surface area contributed by atoms with Crippen molar-refractivity contribution in [1.29, 1.82) is 5.26 Å². The van der Waals surface area contributed by atoms with E-state index in [1.54, 1.807) is 0 Å². The van der Waals surface area contributed by atoms with Crippen molar-refractivity contribution < 1.29 is 4.74 Å². The van der Waals surface area contributed by atoms with Gasteiger partial charge in [-0.15, -0.1) is 0 Å². The minimum atomic E-state index is -1.01. The zero-order valence-corrected chi connectivity index (χ0v) is 41.7. The molecular formula is C69H62N2O. The molecule has 0 bridgehead atoms. The van der Waals surface area contributed by atoms with Gasteiger partial charge in [0.15, 0.2) is 5.60 Å². The Hall–Kier alpha value is -7.93. The molecule has 1 heterocycles. The summed E-state index contributed by atoms with van der Waals surface area (Å²) in [5.74, 6) is 0.839. The van der Waals surface area contributed by atoms with Crippen molar-refractivity contribution in [3.63, 3.8) is 0 Å². The van der Waals surface area contributed by atoms with Gasteiger partial charge in [-0.2, -0.15) is 5.26 Å². The number of ether oxygens (including phenoxy) is 1. The van der Waals surface area contributed by atoms with Gasteiger partial charge in [-0.05, 0) is 130 Å². The topological polar surface area (TPSA) is 36.3 Å². The van der Waals surface area contributed by atoms with E-state index in [1.807, 2.05) is 18.2 Å². The fourth-order valence-corrected chi connectivity index (χ4v) is 11.8. The fraction of sp³-hybridized carbons (Fsp3) is 0.203. The van der Waals surface area contributed by atoms with E-state index in [1.165, 1.54) is 95.9 Å². The van der Waals surface area contributed by atoms with Crippen LogP contribution in [0.15, 0.2) is 212 Å². The molecule has 1 aliphatic carbocycles. The summed E-state index contributed by atoms with van der Waals surface area (Å²) in [6.45, 7) is 4.57. The minimum Gasteiger partial charge on any atom is -0.472 e. The summed E-state index contributed by atoms with van der Waals surface area (Å²) < 4.78 is 7.83. The second-order valence-corrected chi connectivity index (χ2v) is 19.8. The van der Waals surface area contributed by atoms with E-state index in [0.717, 1.165) is 63.1 Å². The van der Waals surface area contributed by atoms with Crippen LogP contribution in [0.4, 0.5) is 17.1 Å². The molecule has 11 rings (SSSR count). The maximum Gasteiger partial charge on any atom is 0.178 e. The Bertz CT molecular complexity index is 3310. The van der Waals surface area contributed by atoms with Crippen molar-refractivity contribution in [2.75, 3.05) is 4.90 Å². The number of nitriles is 1. The summed E-state index contributed by atoms with van der Waals surface area (Å²) >= 11 is 0. The van der Waals surface area contributed by atoms with Gasteiger partial charge in [0.25, 0.3) is 0 Å². The van der Waals surface area contributed by atoms with Gasteiger partial charge in [-0.1, -0.05) is 216 Å². The van der Waals surface area contributed by atoms with Crippen LogP contribution >= 0.6 is 0 Å². The summed E-state index contributed by atoms with van der Waals surface area (Å²) in [6, 6.07) is 77.7. The zero-order chi connectivity index (χ0) is 48.9. The predicted molar refractivity (Wildman–Crippen MR) is 300 cm³/mol. The molecular weight excluding hydrogens is 873 g/mol. The van der Waals surface area contributed by atoms with Crippen LogP contribution in [-0.4, -0.2) is 0 Å². The summed E-state index contributed by atoms with van der Waals surface area (Å²) in [5.41, 5.74) is 15.2. The molecule has 3 heteroatoms. The molecule has 72 heavy (non-hydrogen) atoms. The summed E-state index contributed by atoms with van der Waals surface area (Å²) in [4.78, 5) is 2.40. The first kappa shape index (κ1) is 46.5. The Labute approximate surface area is 426 Å². The highest BCUT2D eigenvalue weighted by atomic mass is 16.5. The van der Waals surface area contributed by atoms with Crippen LogP contribution in [0.5, 0.6) is 5.75 Å². The molecule has 354 valence electrons. The molecule has 0 aromatic heterocycles. The lowest BCUT2D eigenvalue weighted by Gasteiger charge is -2.40. The predicted octanol–water partition coefficient (Wildman–Crippen LogP) is 18.1. The third kappa shape index (κ3) is 8.29. The average molecular weight is 935 g/mol. The van der Waals surface area contributed by atoms with Crippen molar-refractivity contribution in [3.05, 3.63) is 268 Å². The lowest BCUT2D eigenvalue weighted by Crippen LogP contribution is -2.36. The standard InChI is InChI=1S/C69H62N2O/c1-3-5-7-12-23-50-35-39-54(40-36-50)69(55-41-37-51(38-42-55)24-13-8-6-4-2)64-48-59(71(57-29-16-10-17-30-57)58-31-18-11-19-32-58)43-44-62(64)65-60-33-20-21-34-61(60)67-63(66(65)69)45-46-68(72-67,53-26-14-9-15-27-53)56-28-22-25-52(47-56)49-70/h9-11,14-22,25-48H,3-8,12-13,23-24H2,1-2H3.